The fraction of sp³-hybridized carbons (Fsp3) is 0.600. The van der Waals surface area contributed by atoms with Gasteiger partial charge in [0.2, 0.25) is 0 Å². The average Bonchev–Trinajstić information content (AvgIpc) is 3.00. The number of rotatable bonds is 4. The summed E-state index contributed by atoms with van der Waals surface area (Å²) in [6.45, 7) is 0.780. The average molecular weight is 439 g/mol. The number of nitrogens with zero attached hydrogens (tertiary/aromatic N) is 3. The number of carbonyl (C=O) groups is 1. The van der Waals surface area contributed by atoms with Gasteiger partial charge in [0.05, 0.1) is 11.2 Å². The summed E-state index contributed by atoms with van der Waals surface area (Å²) in [7, 11) is -3.43. The number of amidine groups is 1. The number of fused-ring (bicyclic) bond motifs is 2. The molecule has 3 saturated heterocycles. The second kappa shape index (κ2) is 6.63. The van der Waals surface area contributed by atoms with Crippen LogP contribution in [0.3, 0.4) is 0 Å². The van der Waals surface area contributed by atoms with Gasteiger partial charge in [0.15, 0.2) is 0 Å². The molecule has 1 aliphatic carbocycles. The smallest absolute Gasteiger partial charge is 0.326 e. The van der Waals surface area contributed by atoms with E-state index < -0.39 is 33.7 Å². The minimum Gasteiger partial charge on any atom is -0.493 e. The molecule has 0 radical (unpaired) electrons. The number of carbonyl (C=O) groups excluding carboxylic acids is 1. The first-order valence-corrected chi connectivity index (χ1v) is 11.8. The number of amides is 1. The number of piperidine rings is 2. The Balaban J connectivity index is 1.32. The van der Waals surface area contributed by atoms with E-state index in [1.165, 1.54) is 0 Å². The fourth-order valence-electron chi connectivity index (χ4n) is 5.05. The van der Waals surface area contributed by atoms with Crippen LogP contribution >= 0.6 is 0 Å². The maximum absolute atomic E-state index is 13.5. The molecular weight excluding hydrogens is 416 g/mol. The van der Waals surface area contributed by atoms with Crippen LogP contribution in [0, 0.1) is 5.41 Å². The standard InChI is InChI=1S/C20H23F2N3O4S/c21-20(22)9-10-25(18(20)26)14-1-3-16(4-2-14)29-13-19-7-5-15(6-8-19)24-11-12-30(27,28)23-17(19)24/h1-4,15H,5-13H2. The zero-order valence-electron chi connectivity index (χ0n) is 16.4. The highest BCUT2D eigenvalue weighted by atomic mass is 32.2. The number of benzene rings is 1. The number of hydrogen-bond acceptors (Lipinski definition) is 5. The first-order chi connectivity index (χ1) is 14.2. The van der Waals surface area contributed by atoms with Gasteiger partial charge >= 0.3 is 5.92 Å². The molecular formula is C20H23F2N3O4S. The summed E-state index contributed by atoms with van der Waals surface area (Å²) in [6, 6.07) is 6.86. The molecule has 0 N–H and O–H groups in total. The molecule has 1 aromatic carbocycles. The number of sulfonamides is 1. The molecule has 162 valence electrons. The lowest BCUT2D eigenvalue weighted by molar-refractivity contribution is -0.137. The van der Waals surface area contributed by atoms with Crippen LogP contribution in [0.5, 0.6) is 5.75 Å². The van der Waals surface area contributed by atoms with Gasteiger partial charge in [-0.3, -0.25) is 4.79 Å². The van der Waals surface area contributed by atoms with Gasteiger partial charge in [-0.1, -0.05) is 0 Å². The van der Waals surface area contributed by atoms with Gasteiger partial charge in [0.25, 0.3) is 15.9 Å². The Bertz CT molecular complexity index is 1000. The highest BCUT2D eigenvalue weighted by molar-refractivity contribution is 7.90. The Hall–Kier alpha value is -2.23. The minimum atomic E-state index is -3.43. The van der Waals surface area contributed by atoms with Crippen LogP contribution < -0.4 is 9.64 Å². The van der Waals surface area contributed by atoms with E-state index in [0.29, 0.717) is 36.5 Å². The molecule has 0 unspecified atom stereocenters. The highest BCUT2D eigenvalue weighted by Gasteiger charge is 2.52. The molecule has 2 bridgehead atoms. The van der Waals surface area contributed by atoms with Crippen LogP contribution in [0.2, 0.25) is 0 Å². The number of ether oxygens (including phenoxy) is 1. The summed E-state index contributed by atoms with van der Waals surface area (Å²) >= 11 is 0. The Kier molecular flexibility index (Phi) is 4.36. The van der Waals surface area contributed by atoms with Crippen molar-refractivity contribution in [2.24, 2.45) is 9.81 Å². The van der Waals surface area contributed by atoms with Crippen molar-refractivity contribution >= 4 is 27.5 Å². The SMILES string of the molecule is O=C1N(c2ccc(OCC34CCC(CC3)N3CCS(=O)(=O)N=C34)cc2)CCC1(F)F. The van der Waals surface area contributed by atoms with E-state index in [1.807, 2.05) is 0 Å². The lowest BCUT2D eigenvalue weighted by Gasteiger charge is -2.54. The molecule has 4 aliphatic heterocycles. The quantitative estimate of drug-likeness (QED) is 0.720. The van der Waals surface area contributed by atoms with Crippen LogP contribution in [0.4, 0.5) is 14.5 Å². The molecule has 30 heavy (non-hydrogen) atoms. The number of hydrogen-bond donors (Lipinski definition) is 0. The van der Waals surface area contributed by atoms with Gasteiger partial charge < -0.3 is 14.5 Å². The molecule has 6 rings (SSSR count). The van der Waals surface area contributed by atoms with E-state index in [9.17, 15) is 22.0 Å². The van der Waals surface area contributed by atoms with Crippen molar-refractivity contribution in [3.8, 4) is 5.75 Å². The van der Waals surface area contributed by atoms with Gasteiger partial charge in [0.1, 0.15) is 18.2 Å². The first-order valence-electron chi connectivity index (χ1n) is 10.2. The van der Waals surface area contributed by atoms with Gasteiger partial charge in [-0.2, -0.15) is 8.78 Å². The van der Waals surface area contributed by atoms with Gasteiger partial charge in [-0.25, -0.2) is 8.42 Å². The second-order valence-electron chi connectivity index (χ2n) is 8.60. The van der Waals surface area contributed by atoms with Crippen molar-refractivity contribution in [2.45, 2.75) is 44.1 Å². The first kappa shape index (κ1) is 19.7. The van der Waals surface area contributed by atoms with Crippen molar-refractivity contribution in [3.05, 3.63) is 24.3 Å². The van der Waals surface area contributed by atoms with E-state index in [0.717, 1.165) is 30.6 Å². The largest absolute Gasteiger partial charge is 0.493 e. The van der Waals surface area contributed by atoms with Crippen molar-refractivity contribution in [1.82, 2.24) is 4.90 Å². The molecule has 10 heteroatoms. The Morgan fingerprint density at radius 1 is 1.10 bits per heavy atom. The minimum absolute atomic E-state index is 0.0134. The molecule has 1 aromatic rings. The number of anilines is 1. The summed E-state index contributed by atoms with van der Waals surface area (Å²) in [6.07, 6.45) is 3.17. The van der Waals surface area contributed by atoms with Crippen LogP contribution in [-0.2, 0) is 14.8 Å². The molecule has 5 aliphatic rings. The van der Waals surface area contributed by atoms with Crippen LogP contribution in [0.15, 0.2) is 28.7 Å². The zero-order valence-corrected chi connectivity index (χ0v) is 17.2. The van der Waals surface area contributed by atoms with Gasteiger partial charge in [-0.15, -0.1) is 4.40 Å². The highest BCUT2D eigenvalue weighted by Crippen LogP contribution is 2.47. The van der Waals surface area contributed by atoms with Crippen LogP contribution in [0.1, 0.15) is 32.1 Å². The van der Waals surface area contributed by atoms with Crippen molar-refractivity contribution in [3.63, 3.8) is 0 Å². The summed E-state index contributed by atoms with van der Waals surface area (Å²) in [5, 5.41) is 0. The predicted octanol–water partition coefficient (Wildman–Crippen LogP) is 2.42. The molecule has 0 atom stereocenters. The summed E-state index contributed by atoms with van der Waals surface area (Å²) < 4.78 is 61.3. The lowest BCUT2D eigenvalue weighted by Crippen LogP contribution is -2.62. The van der Waals surface area contributed by atoms with Crippen molar-refractivity contribution in [1.29, 1.82) is 0 Å². The van der Waals surface area contributed by atoms with E-state index in [2.05, 4.69) is 9.30 Å². The predicted molar refractivity (Wildman–Crippen MR) is 106 cm³/mol. The van der Waals surface area contributed by atoms with E-state index in [4.69, 9.17) is 4.74 Å². The molecule has 1 saturated carbocycles. The normalized spacial score (nSPS) is 31.5. The van der Waals surface area contributed by atoms with E-state index in [-0.39, 0.29) is 12.3 Å². The maximum atomic E-state index is 13.5. The summed E-state index contributed by atoms with van der Waals surface area (Å²) in [5.74, 6) is -3.24. The third kappa shape index (κ3) is 3.16. The Labute approximate surface area is 173 Å². The Morgan fingerprint density at radius 3 is 2.43 bits per heavy atom. The monoisotopic (exact) mass is 439 g/mol. The van der Waals surface area contributed by atoms with E-state index >= 15 is 0 Å². The number of halogens is 2. The summed E-state index contributed by atoms with van der Waals surface area (Å²) in [4.78, 5) is 15.0. The molecule has 7 nitrogen and oxygen atoms in total. The molecule has 0 aromatic heterocycles. The molecule has 1 amide bonds. The Morgan fingerprint density at radius 2 is 1.80 bits per heavy atom. The van der Waals surface area contributed by atoms with Crippen molar-refractivity contribution in [2.75, 3.05) is 30.3 Å². The summed E-state index contributed by atoms with van der Waals surface area (Å²) in [5.41, 5.74) is -0.0109. The zero-order chi connectivity index (χ0) is 21.1. The van der Waals surface area contributed by atoms with E-state index in [1.54, 1.807) is 24.3 Å². The fourth-order valence-corrected chi connectivity index (χ4v) is 6.13. The van der Waals surface area contributed by atoms with Gasteiger partial charge in [0, 0.05) is 31.2 Å². The second-order valence-corrected chi connectivity index (χ2v) is 10.4. The molecule has 4 fully saturated rings. The van der Waals surface area contributed by atoms with Gasteiger partial charge in [-0.05, 0) is 49.9 Å². The lowest BCUT2D eigenvalue weighted by atomic mass is 9.67. The molecule has 0 spiro atoms. The van der Waals surface area contributed by atoms with Crippen LogP contribution in [0.25, 0.3) is 0 Å². The maximum Gasteiger partial charge on any atom is 0.326 e. The molecule has 4 heterocycles. The number of alkyl halides is 2. The third-order valence-electron chi connectivity index (χ3n) is 6.79. The third-order valence-corrected chi connectivity index (χ3v) is 7.94. The topological polar surface area (TPSA) is 79.3 Å². The van der Waals surface area contributed by atoms with Crippen molar-refractivity contribution < 1.29 is 26.7 Å². The van der Waals surface area contributed by atoms with Crippen LogP contribution in [-0.4, -0.2) is 62.5 Å².